The molecule has 0 aromatic heterocycles. The number of hydrogen-bond acceptors (Lipinski definition) is 3. The van der Waals surface area contributed by atoms with Crippen LogP contribution in [-0.2, 0) is 4.74 Å². The van der Waals surface area contributed by atoms with Crippen molar-refractivity contribution >= 4 is 11.7 Å². The molecule has 0 aliphatic heterocycles. The monoisotopic (exact) mass is 211 g/mol. The number of halogens is 1. The first-order valence-corrected chi connectivity index (χ1v) is 4.79. The molecule has 0 aliphatic rings. The normalized spacial score (nSPS) is 10.1. The van der Waals surface area contributed by atoms with Crippen LogP contribution >= 0.6 is 0 Å². The van der Waals surface area contributed by atoms with Gasteiger partial charge in [0, 0.05) is 0 Å². The summed E-state index contributed by atoms with van der Waals surface area (Å²) in [4.78, 5) is 11.4. The summed E-state index contributed by atoms with van der Waals surface area (Å²) in [6, 6.07) is 2.99. The maximum absolute atomic E-state index is 13.3. The molecule has 3 nitrogen and oxygen atoms in total. The molecule has 0 unspecified atom stereocenters. The van der Waals surface area contributed by atoms with Crippen molar-refractivity contribution in [1.29, 1.82) is 0 Å². The van der Waals surface area contributed by atoms with E-state index < -0.39 is 11.8 Å². The van der Waals surface area contributed by atoms with Crippen molar-refractivity contribution in [3.8, 4) is 0 Å². The van der Waals surface area contributed by atoms with Crippen LogP contribution in [0.3, 0.4) is 0 Å². The molecule has 82 valence electrons. The summed E-state index contributed by atoms with van der Waals surface area (Å²) in [5.41, 5.74) is 5.84. The Balaban J connectivity index is 2.95. The molecule has 4 heteroatoms. The fraction of sp³-hybridized carbons (Fsp3) is 0.364. The standard InChI is InChI=1S/C11H14FNO2/c1-3-6-15-11(14)8-5-4-7(2)9(12)10(8)13/h4-5H,3,6,13H2,1-2H3. The Morgan fingerprint density at radius 1 is 1.53 bits per heavy atom. The lowest BCUT2D eigenvalue weighted by atomic mass is 10.1. The summed E-state index contributed by atoms with van der Waals surface area (Å²) in [6.07, 6.45) is 0.722. The molecule has 2 N–H and O–H groups in total. The van der Waals surface area contributed by atoms with Crippen molar-refractivity contribution in [3.63, 3.8) is 0 Å². The summed E-state index contributed by atoms with van der Waals surface area (Å²) in [5.74, 6) is -1.13. The zero-order valence-electron chi connectivity index (χ0n) is 8.84. The maximum Gasteiger partial charge on any atom is 0.340 e. The van der Waals surface area contributed by atoms with E-state index in [0.29, 0.717) is 12.2 Å². The van der Waals surface area contributed by atoms with Gasteiger partial charge in [-0.25, -0.2) is 9.18 Å². The van der Waals surface area contributed by atoms with E-state index in [-0.39, 0.29) is 11.3 Å². The predicted octanol–water partition coefficient (Wildman–Crippen LogP) is 2.28. The van der Waals surface area contributed by atoms with Gasteiger partial charge in [-0.2, -0.15) is 0 Å². The third kappa shape index (κ3) is 2.46. The highest BCUT2D eigenvalue weighted by atomic mass is 19.1. The highest BCUT2D eigenvalue weighted by Gasteiger charge is 2.15. The van der Waals surface area contributed by atoms with Crippen molar-refractivity contribution in [2.45, 2.75) is 20.3 Å². The van der Waals surface area contributed by atoms with E-state index >= 15 is 0 Å². The van der Waals surface area contributed by atoms with Crippen molar-refractivity contribution < 1.29 is 13.9 Å². The summed E-state index contributed by atoms with van der Waals surface area (Å²) >= 11 is 0. The molecule has 0 saturated carbocycles. The van der Waals surface area contributed by atoms with Gasteiger partial charge < -0.3 is 10.5 Å². The van der Waals surface area contributed by atoms with Gasteiger partial charge in [0.2, 0.25) is 0 Å². The van der Waals surface area contributed by atoms with Gasteiger partial charge >= 0.3 is 5.97 Å². The molecule has 0 aliphatic carbocycles. The largest absolute Gasteiger partial charge is 0.462 e. The van der Waals surface area contributed by atoms with Gasteiger partial charge in [-0.1, -0.05) is 13.0 Å². The van der Waals surface area contributed by atoms with E-state index in [4.69, 9.17) is 10.5 Å². The van der Waals surface area contributed by atoms with Crippen LogP contribution in [0.1, 0.15) is 29.3 Å². The number of anilines is 1. The van der Waals surface area contributed by atoms with E-state index in [9.17, 15) is 9.18 Å². The second-order valence-electron chi connectivity index (χ2n) is 3.29. The van der Waals surface area contributed by atoms with Crippen LogP contribution in [0, 0.1) is 12.7 Å². The van der Waals surface area contributed by atoms with Gasteiger partial charge in [0.1, 0.15) is 5.82 Å². The topological polar surface area (TPSA) is 52.3 Å². The summed E-state index contributed by atoms with van der Waals surface area (Å²) in [6.45, 7) is 3.78. The van der Waals surface area contributed by atoms with Crippen LogP contribution < -0.4 is 5.73 Å². The number of carbonyl (C=O) groups is 1. The van der Waals surface area contributed by atoms with Gasteiger partial charge in [-0.05, 0) is 25.0 Å². The van der Waals surface area contributed by atoms with Gasteiger partial charge in [0.15, 0.2) is 0 Å². The minimum Gasteiger partial charge on any atom is -0.462 e. The Labute approximate surface area is 88.0 Å². The van der Waals surface area contributed by atoms with Crippen molar-refractivity contribution in [2.75, 3.05) is 12.3 Å². The smallest absolute Gasteiger partial charge is 0.340 e. The van der Waals surface area contributed by atoms with Crippen molar-refractivity contribution in [2.24, 2.45) is 0 Å². The number of nitrogens with two attached hydrogens (primary N) is 1. The van der Waals surface area contributed by atoms with Gasteiger partial charge in [0.25, 0.3) is 0 Å². The molecule has 0 atom stereocenters. The van der Waals surface area contributed by atoms with Crippen LogP contribution in [0.25, 0.3) is 0 Å². The number of esters is 1. The highest BCUT2D eigenvalue weighted by molar-refractivity contribution is 5.95. The third-order valence-corrected chi connectivity index (χ3v) is 2.03. The molecular formula is C11H14FNO2. The SMILES string of the molecule is CCCOC(=O)c1ccc(C)c(F)c1N. The van der Waals surface area contributed by atoms with E-state index in [1.807, 2.05) is 6.92 Å². The summed E-state index contributed by atoms with van der Waals surface area (Å²) < 4.78 is 18.2. The fourth-order valence-electron chi connectivity index (χ4n) is 1.15. The van der Waals surface area contributed by atoms with Crippen molar-refractivity contribution in [3.05, 3.63) is 29.1 Å². The maximum atomic E-state index is 13.3. The number of carbonyl (C=O) groups excluding carboxylic acids is 1. The first kappa shape index (κ1) is 11.5. The van der Waals surface area contributed by atoms with Gasteiger partial charge in [-0.3, -0.25) is 0 Å². The average molecular weight is 211 g/mol. The summed E-state index contributed by atoms with van der Waals surface area (Å²) in [7, 11) is 0. The first-order valence-electron chi connectivity index (χ1n) is 4.79. The second-order valence-corrected chi connectivity index (χ2v) is 3.29. The summed E-state index contributed by atoms with van der Waals surface area (Å²) in [5, 5.41) is 0. The minimum absolute atomic E-state index is 0.0894. The highest BCUT2D eigenvalue weighted by Crippen LogP contribution is 2.20. The third-order valence-electron chi connectivity index (χ3n) is 2.03. The zero-order valence-corrected chi connectivity index (χ0v) is 8.84. The molecule has 1 aromatic rings. The fourth-order valence-corrected chi connectivity index (χ4v) is 1.15. The predicted molar refractivity (Wildman–Crippen MR) is 56.1 cm³/mol. The Kier molecular flexibility index (Phi) is 3.66. The van der Waals surface area contributed by atoms with E-state index in [0.717, 1.165) is 6.42 Å². The Morgan fingerprint density at radius 2 is 2.20 bits per heavy atom. The van der Waals surface area contributed by atoms with Gasteiger partial charge in [-0.15, -0.1) is 0 Å². The molecule has 1 rings (SSSR count). The van der Waals surface area contributed by atoms with E-state index in [1.54, 1.807) is 6.92 Å². The zero-order chi connectivity index (χ0) is 11.4. The average Bonchev–Trinajstić information content (AvgIpc) is 2.23. The lowest BCUT2D eigenvalue weighted by Gasteiger charge is -2.07. The Morgan fingerprint density at radius 3 is 2.80 bits per heavy atom. The Hall–Kier alpha value is -1.58. The van der Waals surface area contributed by atoms with Crippen LogP contribution in [-0.4, -0.2) is 12.6 Å². The minimum atomic E-state index is -0.576. The number of aryl methyl sites for hydroxylation is 1. The van der Waals surface area contributed by atoms with Crippen molar-refractivity contribution in [1.82, 2.24) is 0 Å². The number of nitrogen functional groups attached to an aromatic ring is 1. The van der Waals surface area contributed by atoms with Crippen LogP contribution in [0.15, 0.2) is 12.1 Å². The Bertz CT molecular complexity index is 377. The van der Waals surface area contributed by atoms with Crippen LogP contribution in [0.5, 0.6) is 0 Å². The molecule has 0 spiro atoms. The van der Waals surface area contributed by atoms with E-state index in [2.05, 4.69) is 0 Å². The molecule has 0 amide bonds. The van der Waals surface area contributed by atoms with E-state index in [1.165, 1.54) is 12.1 Å². The lowest BCUT2D eigenvalue weighted by molar-refractivity contribution is 0.0506. The lowest BCUT2D eigenvalue weighted by Crippen LogP contribution is -2.10. The first-order chi connectivity index (χ1) is 7.07. The number of benzene rings is 1. The number of rotatable bonds is 3. The molecule has 0 heterocycles. The molecule has 1 aromatic carbocycles. The number of hydrogen-bond donors (Lipinski definition) is 1. The molecule has 0 fully saturated rings. The molecule has 15 heavy (non-hydrogen) atoms. The quantitative estimate of drug-likeness (QED) is 0.616. The van der Waals surface area contributed by atoms with Crippen LogP contribution in [0.4, 0.5) is 10.1 Å². The molecule has 0 radical (unpaired) electrons. The van der Waals surface area contributed by atoms with Gasteiger partial charge in [0.05, 0.1) is 17.9 Å². The second kappa shape index (κ2) is 4.77. The molecular weight excluding hydrogens is 197 g/mol. The van der Waals surface area contributed by atoms with Crippen LogP contribution in [0.2, 0.25) is 0 Å². The molecule has 0 bridgehead atoms. The number of ether oxygens (including phenoxy) is 1. The molecule has 0 saturated heterocycles.